The monoisotopic (exact) mass is 530 g/mol. The van der Waals surface area contributed by atoms with Crippen molar-refractivity contribution in [3.63, 3.8) is 0 Å². The van der Waals surface area contributed by atoms with Gasteiger partial charge in [0.15, 0.2) is 0 Å². The molecule has 0 aromatic rings. The maximum absolute atomic E-state index is 13.0. The molecule has 0 unspecified atom stereocenters. The highest BCUT2D eigenvalue weighted by molar-refractivity contribution is 5.81. The Morgan fingerprint density at radius 2 is 0.838 bits per heavy atom. The van der Waals surface area contributed by atoms with Crippen molar-refractivity contribution in [2.24, 2.45) is 5.73 Å². The van der Waals surface area contributed by atoms with Gasteiger partial charge in [0, 0.05) is 65.4 Å². The first-order valence-electron chi connectivity index (χ1n) is 12.2. The van der Waals surface area contributed by atoms with Gasteiger partial charge in [-0.05, 0) is 12.8 Å². The van der Waals surface area contributed by atoms with E-state index < -0.39 is 29.4 Å². The highest BCUT2D eigenvalue weighted by Gasteiger charge is 2.39. The van der Waals surface area contributed by atoms with Crippen LogP contribution in [0.1, 0.15) is 12.8 Å². The first-order chi connectivity index (χ1) is 17.4. The molecule has 15 heteroatoms. The zero-order valence-corrected chi connectivity index (χ0v) is 21.0. The van der Waals surface area contributed by atoms with E-state index >= 15 is 0 Å². The molecule has 0 aliphatic carbocycles. The van der Waals surface area contributed by atoms with Crippen molar-refractivity contribution in [3.05, 3.63) is 0 Å². The Bertz CT molecular complexity index is 801. The number of hydrogen-bond acceptors (Lipinski definition) is 10. The predicted molar refractivity (Wildman–Crippen MR) is 129 cm³/mol. The molecule has 2 heterocycles. The van der Waals surface area contributed by atoms with E-state index in [1.54, 1.807) is 19.6 Å². The average molecular weight is 531 g/mol. The predicted octanol–water partition coefficient (Wildman–Crippen LogP) is -3.13. The smallest absolute Gasteiger partial charge is 0.323 e. The summed E-state index contributed by atoms with van der Waals surface area (Å²) in [5.74, 6) is -4.38. The fourth-order valence-electron chi connectivity index (χ4n) is 4.45. The summed E-state index contributed by atoms with van der Waals surface area (Å²) in [5.41, 5.74) is 4.55. The van der Waals surface area contributed by atoms with Crippen molar-refractivity contribution in [3.8, 4) is 0 Å². The SMILES string of the molecule is NC1(C(=O)O)CCN(C(=O)CN2CCN(CC(=O)O)CCN(CC(=O)O)CCN(CC(=O)O)CC2)CC1. The molecule has 210 valence electrons. The third-order valence-corrected chi connectivity index (χ3v) is 6.80. The number of piperidine rings is 1. The van der Waals surface area contributed by atoms with Gasteiger partial charge in [-0.25, -0.2) is 0 Å². The van der Waals surface area contributed by atoms with Crippen LogP contribution in [0.5, 0.6) is 0 Å². The minimum absolute atomic E-state index is 0.0115. The summed E-state index contributed by atoms with van der Waals surface area (Å²) in [4.78, 5) is 66.8. The van der Waals surface area contributed by atoms with Gasteiger partial charge in [-0.1, -0.05) is 0 Å². The van der Waals surface area contributed by atoms with E-state index in [-0.39, 0.29) is 71.1 Å². The van der Waals surface area contributed by atoms with Gasteiger partial charge in [-0.2, -0.15) is 0 Å². The summed E-state index contributed by atoms with van der Waals surface area (Å²) >= 11 is 0. The Labute approximate surface area is 215 Å². The van der Waals surface area contributed by atoms with Crippen molar-refractivity contribution >= 4 is 29.8 Å². The molecule has 0 saturated carbocycles. The van der Waals surface area contributed by atoms with Crippen LogP contribution in [0.4, 0.5) is 0 Å². The van der Waals surface area contributed by atoms with Gasteiger partial charge in [0.25, 0.3) is 0 Å². The lowest BCUT2D eigenvalue weighted by Crippen LogP contribution is -2.57. The summed E-state index contributed by atoms with van der Waals surface area (Å²) in [6.45, 7) is 2.16. The molecule has 2 aliphatic rings. The number of amides is 1. The van der Waals surface area contributed by atoms with Crippen LogP contribution in [0.25, 0.3) is 0 Å². The maximum atomic E-state index is 13.0. The van der Waals surface area contributed by atoms with E-state index in [4.69, 9.17) is 5.73 Å². The molecule has 0 spiro atoms. The van der Waals surface area contributed by atoms with Gasteiger partial charge >= 0.3 is 23.9 Å². The molecule has 37 heavy (non-hydrogen) atoms. The number of aliphatic carboxylic acids is 4. The van der Waals surface area contributed by atoms with Crippen LogP contribution >= 0.6 is 0 Å². The van der Waals surface area contributed by atoms with Gasteiger partial charge in [0.2, 0.25) is 5.91 Å². The molecule has 2 rings (SSSR count). The molecule has 0 aromatic heterocycles. The second-order valence-electron chi connectivity index (χ2n) is 9.63. The highest BCUT2D eigenvalue weighted by atomic mass is 16.4. The molecule has 1 amide bonds. The van der Waals surface area contributed by atoms with Gasteiger partial charge in [-0.15, -0.1) is 0 Å². The van der Waals surface area contributed by atoms with Crippen molar-refractivity contribution < 1.29 is 44.4 Å². The number of nitrogens with zero attached hydrogens (tertiary/aromatic N) is 5. The van der Waals surface area contributed by atoms with E-state index in [1.165, 1.54) is 0 Å². The van der Waals surface area contributed by atoms with Crippen LogP contribution in [0.3, 0.4) is 0 Å². The standard InChI is InChI=1S/C22H38N6O9/c23-22(21(36)37)1-3-28(4-2-22)17(29)13-24-5-7-25(14-18(30)31)9-11-27(16-20(34)35)12-10-26(8-6-24)15-19(32)33/h1-16,23H2,(H,30,31)(H,32,33)(H,34,35)(H,36,37). The molecular formula is C22H38N6O9. The molecule has 15 nitrogen and oxygen atoms in total. The van der Waals surface area contributed by atoms with Crippen LogP contribution in [0.2, 0.25) is 0 Å². The molecule has 2 fully saturated rings. The molecular weight excluding hydrogens is 492 g/mol. The number of likely N-dealkylation sites (tertiary alicyclic amines) is 1. The number of rotatable bonds is 9. The van der Waals surface area contributed by atoms with Crippen LogP contribution in [0.15, 0.2) is 0 Å². The normalized spacial score (nSPS) is 21.5. The van der Waals surface area contributed by atoms with Crippen molar-refractivity contribution in [1.82, 2.24) is 24.5 Å². The van der Waals surface area contributed by atoms with Gasteiger partial charge in [0.1, 0.15) is 5.54 Å². The van der Waals surface area contributed by atoms with Crippen LogP contribution in [-0.2, 0) is 24.0 Å². The second kappa shape index (κ2) is 14.2. The molecule has 0 aromatic carbocycles. The topological polar surface area (TPSA) is 208 Å². The van der Waals surface area contributed by atoms with Crippen molar-refractivity contribution in [1.29, 1.82) is 0 Å². The Balaban J connectivity index is 2.10. The average Bonchev–Trinajstić information content (AvgIpc) is 2.80. The van der Waals surface area contributed by atoms with Crippen LogP contribution in [-0.4, -0.2) is 172 Å². The molecule has 2 saturated heterocycles. The van der Waals surface area contributed by atoms with Gasteiger partial charge in [0.05, 0.1) is 26.2 Å². The van der Waals surface area contributed by atoms with Crippen LogP contribution in [0, 0.1) is 0 Å². The molecule has 2 aliphatic heterocycles. The summed E-state index contributed by atoms with van der Waals surface area (Å²) in [6, 6.07) is 0. The maximum Gasteiger partial charge on any atom is 0.323 e. The zero-order valence-electron chi connectivity index (χ0n) is 21.0. The molecule has 0 radical (unpaired) electrons. The number of carboxylic acid groups (broad SMARTS) is 4. The number of nitrogens with two attached hydrogens (primary N) is 1. The van der Waals surface area contributed by atoms with E-state index in [1.807, 2.05) is 4.90 Å². The lowest BCUT2D eigenvalue weighted by molar-refractivity contribution is -0.147. The van der Waals surface area contributed by atoms with E-state index in [0.717, 1.165) is 0 Å². The lowest BCUT2D eigenvalue weighted by atomic mass is 9.89. The fourth-order valence-corrected chi connectivity index (χ4v) is 4.45. The quantitative estimate of drug-likeness (QED) is 0.200. The Morgan fingerprint density at radius 1 is 0.541 bits per heavy atom. The minimum atomic E-state index is -1.35. The largest absolute Gasteiger partial charge is 0.480 e. The molecule has 0 bridgehead atoms. The third-order valence-electron chi connectivity index (χ3n) is 6.80. The van der Waals surface area contributed by atoms with E-state index in [2.05, 4.69) is 0 Å². The number of hydrogen-bond donors (Lipinski definition) is 5. The van der Waals surface area contributed by atoms with Crippen LogP contribution < -0.4 is 5.73 Å². The van der Waals surface area contributed by atoms with Crippen molar-refractivity contribution in [2.45, 2.75) is 18.4 Å². The fraction of sp³-hybridized carbons (Fsp3) is 0.773. The van der Waals surface area contributed by atoms with Gasteiger partial charge < -0.3 is 31.1 Å². The number of carbonyl (C=O) groups is 5. The van der Waals surface area contributed by atoms with E-state index in [0.29, 0.717) is 39.3 Å². The first kappa shape index (κ1) is 30.4. The summed E-state index contributed by atoms with van der Waals surface area (Å²) in [7, 11) is 0. The minimum Gasteiger partial charge on any atom is -0.480 e. The van der Waals surface area contributed by atoms with Gasteiger partial charge in [-0.3, -0.25) is 43.6 Å². The Hall–Kier alpha value is -2.85. The molecule has 0 atom stereocenters. The Morgan fingerprint density at radius 3 is 1.11 bits per heavy atom. The zero-order chi connectivity index (χ0) is 27.6. The third kappa shape index (κ3) is 10.6. The lowest BCUT2D eigenvalue weighted by Gasteiger charge is -2.37. The second-order valence-corrected chi connectivity index (χ2v) is 9.63. The number of carboxylic acids is 4. The van der Waals surface area contributed by atoms with Crippen molar-refractivity contribution in [2.75, 3.05) is 91.6 Å². The number of carbonyl (C=O) groups excluding carboxylic acids is 1. The summed E-state index contributed by atoms with van der Waals surface area (Å²) in [5, 5.41) is 37.1. The summed E-state index contributed by atoms with van der Waals surface area (Å²) in [6.07, 6.45) is 0.277. The Kier molecular flexibility index (Phi) is 11.6. The highest BCUT2D eigenvalue weighted by Crippen LogP contribution is 2.20. The first-order valence-corrected chi connectivity index (χ1v) is 12.2. The van der Waals surface area contributed by atoms with E-state index in [9.17, 15) is 44.4 Å². The summed E-state index contributed by atoms with van der Waals surface area (Å²) < 4.78 is 0. The molecule has 6 N–H and O–H groups in total.